The number of benzene rings is 2. The molecule has 12 atom stereocenters. The van der Waals surface area contributed by atoms with E-state index in [-0.39, 0.29) is 17.9 Å². The first-order valence-corrected chi connectivity index (χ1v) is 20.8. The molecule has 5 aliphatic heterocycles. The Labute approximate surface area is 328 Å². The minimum atomic E-state index is -2.24. The van der Waals surface area contributed by atoms with E-state index in [1.54, 1.807) is 7.11 Å². The maximum atomic E-state index is 15.3. The van der Waals surface area contributed by atoms with Gasteiger partial charge in [-0.1, -0.05) is 32.0 Å². The van der Waals surface area contributed by atoms with Gasteiger partial charge in [0.1, 0.15) is 17.3 Å². The molecule has 1 unspecified atom stereocenters. The molecule has 6 N–H and O–H groups in total. The van der Waals surface area contributed by atoms with Crippen molar-refractivity contribution in [3.8, 4) is 5.75 Å². The van der Waals surface area contributed by atoms with Crippen LogP contribution < -0.4 is 15.4 Å². The van der Waals surface area contributed by atoms with Crippen LogP contribution in [0.3, 0.4) is 0 Å². The average molecular weight is 768 g/mol. The summed E-state index contributed by atoms with van der Waals surface area (Å²) in [6.45, 7) is 7.82. The van der Waals surface area contributed by atoms with Gasteiger partial charge in [0.15, 0.2) is 5.60 Å². The van der Waals surface area contributed by atoms with E-state index in [9.17, 15) is 20.1 Å². The van der Waals surface area contributed by atoms with Gasteiger partial charge in [-0.2, -0.15) is 0 Å². The minimum absolute atomic E-state index is 0.0682. The fourth-order valence-corrected chi connectivity index (χ4v) is 14.4. The molecular weight excluding hydrogens is 711 g/mol. The summed E-state index contributed by atoms with van der Waals surface area (Å²) >= 11 is 0. The summed E-state index contributed by atoms with van der Waals surface area (Å²) in [5, 5.41) is 38.4. The highest BCUT2D eigenvalue weighted by molar-refractivity contribution is 5.95. The number of aromatic amines is 1. The van der Waals surface area contributed by atoms with Gasteiger partial charge in [-0.15, -0.1) is 0 Å². The summed E-state index contributed by atoms with van der Waals surface area (Å²) in [7, 11) is 4.95. The lowest BCUT2D eigenvalue weighted by atomic mass is 9.46. The Kier molecular flexibility index (Phi) is 7.81. The zero-order chi connectivity index (χ0) is 39.3. The molecule has 3 saturated heterocycles. The molecule has 6 heterocycles. The Bertz CT molecular complexity index is 2160. The number of carbonyl (C=O) groups excluding carboxylic acids is 2. The average Bonchev–Trinajstić information content (AvgIpc) is 3.64. The van der Waals surface area contributed by atoms with Crippen molar-refractivity contribution in [3.05, 3.63) is 58.8 Å². The lowest BCUT2D eigenvalue weighted by Crippen LogP contribution is -2.82. The van der Waals surface area contributed by atoms with Crippen LogP contribution in [0.5, 0.6) is 5.75 Å². The Balaban J connectivity index is 1.28. The number of esters is 1. The quantitative estimate of drug-likeness (QED) is 0.236. The number of nitrogens with one attached hydrogen (secondary N) is 1. The Morgan fingerprint density at radius 1 is 1.02 bits per heavy atom. The number of nitrogens with zero attached hydrogens (tertiary/aromatic N) is 3. The molecule has 2 aliphatic carbocycles. The van der Waals surface area contributed by atoms with E-state index < -0.39 is 51.5 Å². The molecule has 3 aromatic rings. The molecule has 12 nitrogen and oxygen atoms in total. The first kappa shape index (κ1) is 36.6. The number of carbonyl (C=O) groups is 2. The number of para-hydroxylation sites is 1. The van der Waals surface area contributed by atoms with E-state index in [1.807, 2.05) is 37.1 Å². The largest absolute Gasteiger partial charge is 0.496 e. The van der Waals surface area contributed by atoms with Crippen LogP contribution in [-0.4, -0.2) is 125 Å². The highest BCUT2D eigenvalue weighted by Gasteiger charge is 2.82. The van der Waals surface area contributed by atoms with Gasteiger partial charge in [0.25, 0.3) is 5.91 Å². The van der Waals surface area contributed by atoms with Crippen molar-refractivity contribution < 1.29 is 34.4 Å². The molecule has 5 fully saturated rings. The topological polar surface area (TPSA) is 165 Å². The highest BCUT2D eigenvalue weighted by atomic mass is 16.5. The van der Waals surface area contributed by atoms with Gasteiger partial charge in [-0.25, -0.2) is 0 Å². The van der Waals surface area contributed by atoms with Crippen LogP contribution in [0.1, 0.15) is 74.8 Å². The van der Waals surface area contributed by atoms with Crippen molar-refractivity contribution in [2.75, 3.05) is 58.9 Å². The van der Waals surface area contributed by atoms with Crippen molar-refractivity contribution in [1.29, 1.82) is 0 Å². The number of anilines is 1. The third-order valence-corrected chi connectivity index (χ3v) is 16.5. The van der Waals surface area contributed by atoms with Gasteiger partial charge in [-0.05, 0) is 92.5 Å². The van der Waals surface area contributed by atoms with Gasteiger partial charge in [0, 0.05) is 84.0 Å². The number of H-pyrrole nitrogens is 1. The van der Waals surface area contributed by atoms with Gasteiger partial charge >= 0.3 is 5.97 Å². The lowest BCUT2D eigenvalue weighted by Gasteiger charge is -2.64. The number of aliphatic hydroxyl groups is 3. The number of aromatic nitrogens is 1. The van der Waals surface area contributed by atoms with E-state index in [2.05, 4.69) is 39.9 Å². The molecule has 2 saturated carbocycles. The summed E-state index contributed by atoms with van der Waals surface area (Å²) in [5.74, 6) is -0.346. The molecule has 2 bridgehead atoms. The first-order valence-electron chi connectivity index (χ1n) is 20.8. The number of ether oxygens (including phenoxy) is 2. The molecule has 7 aliphatic rings. The molecule has 1 spiro atoms. The van der Waals surface area contributed by atoms with Gasteiger partial charge in [0.05, 0.1) is 25.9 Å². The maximum Gasteiger partial charge on any atom is 0.322 e. The fourth-order valence-electron chi connectivity index (χ4n) is 14.4. The highest BCUT2D eigenvalue weighted by Crippen LogP contribution is 2.73. The van der Waals surface area contributed by atoms with Gasteiger partial charge in [0.2, 0.25) is 0 Å². The van der Waals surface area contributed by atoms with Crippen LogP contribution in [0, 0.1) is 23.2 Å². The van der Waals surface area contributed by atoms with Crippen LogP contribution in [0.4, 0.5) is 5.69 Å². The van der Waals surface area contributed by atoms with Crippen LogP contribution in [0.15, 0.2) is 36.4 Å². The fraction of sp³-hybridized carbons (Fsp3) is 0.636. The number of fused-ring (bicyclic) bond motifs is 8. The van der Waals surface area contributed by atoms with Crippen molar-refractivity contribution in [1.82, 2.24) is 14.8 Å². The van der Waals surface area contributed by atoms with Crippen molar-refractivity contribution in [3.63, 3.8) is 0 Å². The molecule has 10 rings (SSSR count). The second-order valence-corrected chi connectivity index (χ2v) is 18.7. The summed E-state index contributed by atoms with van der Waals surface area (Å²) in [6.07, 6.45) is 3.00. The number of hydrogen-bond donors (Lipinski definition) is 5. The van der Waals surface area contributed by atoms with E-state index in [1.165, 1.54) is 7.11 Å². The Morgan fingerprint density at radius 3 is 2.52 bits per heavy atom. The van der Waals surface area contributed by atoms with Crippen LogP contribution in [0.2, 0.25) is 0 Å². The molecule has 2 aromatic carbocycles. The van der Waals surface area contributed by atoms with Crippen LogP contribution in [0.25, 0.3) is 10.9 Å². The first-order chi connectivity index (χ1) is 26.8. The predicted molar refractivity (Wildman–Crippen MR) is 211 cm³/mol. The van der Waals surface area contributed by atoms with Crippen LogP contribution >= 0.6 is 0 Å². The molecule has 12 heteroatoms. The summed E-state index contributed by atoms with van der Waals surface area (Å²) in [4.78, 5) is 39.7. The number of piperidine rings is 2. The second kappa shape index (κ2) is 11.9. The SMILES string of the molecule is CC[C@]1(O)C[C@@H]2CN(CCc3c([nH]c4ccccc34)[C@@](C(=O)OC)(c3cc4c(cc3OC)N(C)[C@H]3[C@@](O)(C(N)=O)[C@H](O)[C@]5(CC)[C@@H]6C[C@@H]6CN6CC[C@]43[C@@H]65)C2)C1. The number of methoxy groups -OCH3 is 2. The number of hydrogen-bond acceptors (Lipinski definition) is 10. The molecule has 1 aromatic heterocycles. The predicted octanol–water partition coefficient (Wildman–Crippen LogP) is 2.81. The summed E-state index contributed by atoms with van der Waals surface area (Å²) in [6, 6.07) is 11.3. The molecule has 56 heavy (non-hydrogen) atoms. The molecule has 1 amide bonds. The number of amides is 1. The van der Waals surface area contributed by atoms with Crippen molar-refractivity contribution >= 4 is 28.5 Å². The summed E-state index contributed by atoms with van der Waals surface area (Å²) < 4.78 is 12.3. The van der Waals surface area contributed by atoms with E-state index >= 15 is 4.79 Å². The van der Waals surface area contributed by atoms with E-state index in [0.29, 0.717) is 62.3 Å². The number of primary amides is 1. The normalized spacial score (nSPS) is 42.0. The Hall–Kier alpha value is -3.68. The third-order valence-electron chi connectivity index (χ3n) is 16.5. The smallest absolute Gasteiger partial charge is 0.322 e. The number of likely N-dealkylation sites (N-methyl/N-ethyl adjacent to an activating group) is 1. The van der Waals surface area contributed by atoms with Crippen molar-refractivity contribution in [2.45, 2.75) is 99.0 Å². The number of rotatable bonds is 6. The second-order valence-electron chi connectivity index (χ2n) is 18.7. The van der Waals surface area contributed by atoms with Gasteiger partial charge < -0.3 is 40.4 Å². The Morgan fingerprint density at radius 2 is 1.80 bits per heavy atom. The zero-order valence-electron chi connectivity index (χ0n) is 33.3. The maximum absolute atomic E-state index is 15.3. The molecule has 0 radical (unpaired) electrons. The van der Waals surface area contributed by atoms with E-state index in [4.69, 9.17) is 15.2 Å². The minimum Gasteiger partial charge on any atom is -0.496 e. The monoisotopic (exact) mass is 767 g/mol. The molecule has 300 valence electrons. The van der Waals surface area contributed by atoms with Crippen LogP contribution in [-0.2, 0) is 31.6 Å². The van der Waals surface area contributed by atoms with Crippen molar-refractivity contribution in [2.24, 2.45) is 28.9 Å². The number of aliphatic hydroxyl groups excluding tert-OH is 1. The zero-order valence-corrected chi connectivity index (χ0v) is 33.3. The third kappa shape index (κ3) is 4.27. The molecular formula is C44H57N5O7. The standard InChI is InChI=1S/C44H57N5O7/c1-6-40(53)19-24-20-43(39(52)56-5,34-27(12-14-48(21-24)23-40)26-10-8-9-11-31(26)46-34)30-17-29-32(18-33(30)55-4)47(3)36-42(29)13-15-49-22-25-16-28(25)41(7-2,35(42)49)37(50)44(36,54)38(45)51/h8-11,17-18,24-25,28,35-37,46,50,53-54H,6-7,12-16,19-23H2,1-5H3,(H2,45,51)/t24-,25+,28+,35-,36+,37+,40-,41+,42+,43-,44-/m0/s1. The van der Waals surface area contributed by atoms with Gasteiger partial charge in [-0.3, -0.25) is 19.4 Å². The lowest BCUT2D eigenvalue weighted by molar-refractivity contribution is -0.224. The van der Waals surface area contributed by atoms with E-state index in [0.717, 1.165) is 66.0 Å². The summed E-state index contributed by atoms with van der Waals surface area (Å²) in [5.41, 5.74) is 5.31. The number of nitrogens with two attached hydrogens (primary N) is 1.